The standard InChI is InChI=1S/C73H52N2O/c1-73(2)40-39-63-67(75(59-33-28-50-20-10-12-22-52(50)44-59)66-26-14-24-56-42-54(30-36-62(56)66)48-17-7-4-8-18-48)38-31-57-45-69-71(72(73)70(57)63)64-37-34-60(46-68(64)76-69)74(58-32-27-49-19-9-11-21-51(49)43-58)65-25-13-23-55-41-53(29-35-61(55)65)47-15-5-3-6-16-47/h3-38,41-46H,39-40H2,1-2H3. The Kier molecular flexibility index (Phi) is 10.1. The van der Waals surface area contributed by atoms with Gasteiger partial charge in [0.2, 0.25) is 0 Å². The molecule has 0 bridgehead atoms. The summed E-state index contributed by atoms with van der Waals surface area (Å²) in [6, 6.07) is 93.6. The molecule has 3 heteroatoms. The van der Waals surface area contributed by atoms with Gasteiger partial charge >= 0.3 is 0 Å². The molecule has 1 aliphatic carbocycles. The molecule has 0 atom stereocenters. The molecule has 360 valence electrons. The van der Waals surface area contributed by atoms with Crippen molar-refractivity contribution in [1.82, 2.24) is 0 Å². The van der Waals surface area contributed by atoms with Crippen LogP contribution in [0.25, 0.3) is 98.1 Å². The Bertz CT molecular complexity index is 4630. The van der Waals surface area contributed by atoms with Crippen molar-refractivity contribution in [3.8, 4) is 22.3 Å². The molecule has 0 fully saturated rings. The Morgan fingerprint density at radius 2 is 0.829 bits per heavy atom. The van der Waals surface area contributed by atoms with Gasteiger partial charge in [-0.2, -0.15) is 0 Å². The van der Waals surface area contributed by atoms with Gasteiger partial charge in [-0.1, -0.05) is 190 Å². The normalized spacial score (nSPS) is 13.1. The van der Waals surface area contributed by atoms with Crippen molar-refractivity contribution < 1.29 is 4.42 Å². The summed E-state index contributed by atoms with van der Waals surface area (Å²) in [5, 5.41) is 14.6. The zero-order valence-corrected chi connectivity index (χ0v) is 42.5. The van der Waals surface area contributed by atoms with E-state index < -0.39 is 0 Å². The fourth-order valence-electron chi connectivity index (χ4n) is 12.7. The number of aryl methyl sites for hydroxylation is 1. The van der Waals surface area contributed by atoms with Crippen LogP contribution in [0.15, 0.2) is 259 Å². The predicted octanol–water partition coefficient (Wildman–Crippen LogP) is 20.8. The zero-order valence-electron chi connectivity index (χ0n) is 42.5. The van der Waals surface area contributed by atoms with E-state index in [0.29, 0.717) is 0 Å². The molecule has 13 aromatic carbocycles. The maximum Gasteiger partial charge on any atom is 0.137 e. The summed E-state index contributed by atoms with van der Waals surface area (Å²) < 4.78 is 7.16. The van der Waals surface area contributed by atoms with Gasteiger partial charge in [-0.3, -0.25) is 0 Å². The molecule has 76 heavy (non-hydrogen) atoms. The molecule has 0 radical (unpaired) electrons. The number of hydrogen-bond acceptors (Lipinski definition) is 3. The van der Waals surface area contributed by atoms with Gasteiger partial charge in [-0.25, -0.2) is 0 Å². The van der Waals surface area contributed by atoms with Crippen LogP contribution in [0.3, 0.4) is 0 Å². The molecule has 0 saturated heterocycles. The second-order valence-electron chi connectivity index (χ2n) is 21.3. The van der Waals surface area contributed by atoms with Crippen molar-refractivity contribution in [2.24, 2.45) is 0 Å². The summed E-state index contributed by atoms with van der Waals surface area (Å²) in [7, 11) is 0. The number of rotatable bonds is 8. The minimum absolute atomic E-state index is 0.126. The van der Waals surface area contributed by atoms with Gasteiger partial charge in [0.15, 0.2) is 0 Å². The van der Waals surface area contributed by atoms with E-state index in [1.54, 1.807) is 0 Å². The van der Waals surface area contributed by atoms with Crippen molar-refractivity contribution in [2.45, 2.75) is 32.1 Å². The highest BCUT2D eigenvalue weighted by Gasteiger charge is 2.35. The smallest absolute Gasteiger partial charge is 0.137 e. The van der Waals surface area contributed by atoms with Gasteiger partial charge in [0, 0.05) is 50.4 Å². The molecule has 0 saturated carbocycles. The van der Waals surface area contributed by atoms with Gasteiger partial charge in [0.25, 0.3) is 0 Å². The summed E-state index contributed by atoms with van der Waals surface area (Å²) in [6.07, 6.45) is 1.95. The van der Waals surface area contributed by atoms with Crippen LogP contribution in [-0.4, -0.2) is 0 Å². The average Bonchev–Trinajstić information content (AvgIpc) is 3.99. The Balaban J connectivity index is 0.926. The van der Waals surface area contributed by atoms with Crippen molar-refractivity contribution in [1.29, 1.82) is 0 Å². The Hall–Kier alpha value is -9.44. The summed E-state index contributed by atoms with van der Waals surface area (Å²) >= 11 is 0. The molecule has 3 nitrogen and oxygen atoms in total. The van der Waals surface area contributed by atoms with Crippen molar-refractivity contribution in [3.05, 3.63) is 266 Å². The quantitative estimate of drug-likeness (QED) is 0.151. The first-order chi connectivity index (χ1) is 37.4. The van der Waals surface area contributed by atoms with Crippen molar-refractivity contribution in [2.75, 3.05) is 9.80 Å². The van der Waals surface area contributed by atoms with Crippen LogP contribution in [0, 0.1) is 0 Å². The number of nitrogens with zero attached hydrogens (tertiary/aromatic N) is 2. The predicted molar refractivity (Wildman–Crippen MR) is 323 cm³/mol. The fourth-order valence-corrected chi connectivity index (χ4v) is 12.7. The van der Waals surface area contributed by atoms with Crippen LogP contribution in [0.1, 0.15) is 31.4 Å². The second kappa shape index (κ2) is 17.3. The highest BCUT2D eigenvalue weighted by molar-refractivity contribution is 6.17. The summed E-state index contributed by atoms with van der Waals surface area (Å²) in [5.41, 5.74) is 16.0. The van der Waals surface area contributed by atoms with E-state index in [-0.39, 0.29) is 5.41 Å². The Labute approximate surface area is 442 Å². The fraction of sp³-hybridized carbons (Fsp3) is 0.0685. The van der Waals surface area contributed by atoms with E-state index in [0.717, 1.165) is 57.8 Å². The van der Waals surface area contributed by atoms with E-state index >= 15 is 0 Å². The van der Waals surface area contributed by atoms with E-state index in [9.17, 15) is 0 Å². The molecular formula is C73H52N2O. The SMILES string of the molecule is CC1(C)CCc2c(N(c3ccc4ccccc4c3)c3cccc4cc(-c5ccccc5)ccc34)ccc3cc4oc5cc(N(c6ccc7ccccc7c6)c6cccc7cc(-c8ccccc8)ccc67)ccc5c4c1c23. The zero-order chi connectivity index (χ0) is 50.5. The lowest BCUT2D eigenvalue weighted by atomic mass is 9.70. The summed E-state index contributed by atoms with van der Waals surface area (Å²) in [5.74, 6) is 0. The van der Waals surface area contributed by atoms with Gasteiger partial charge in [-0.05, 0) is 168 Å². The van der Waals surface area contributed by atoms with Gasteiger partial charge < -0.3 is 14.2 Å². The minimum Gasteiger partial charge on any atom is -0.456 e. The highest BCUT2D eigenvalue weighted by atomic mass is 16.3. The molecule has 1 heterocycles. The third kappa shape index (κ3) is 7.18. The molecule has 1 aromatic heterocycles. The van der Waals surface area contributed by atoms with Crippen LogP contribution in [0.2, 0.25) is 0 Å². The molecule has 0 spiro atoms. The maximum atomic E-state index is 7.16. The molecule has 1 aliphatic rings. The molecule has 15 rings (SSSR count). The number of benzene rings is 13. The van der Waals surface area contributed by atoms with Gasteiger partial charge in [0.1, 0.15) is 11.2 Å². The summed E-state index contributed by atoms with van der Waals surface area (Å²) in [4.78, 5) is 4.95. The van der Waals surface area contributed by atoms with Crippen molar-refractivity contribution in [3.63, 3.8) is 0 Å². The van der Waals surface area contributed by atoms with Crippen LogP contribution < -0.4 is 9.80 Å². The molecule has 14 aromatic rings. The molecule has 0 N–H and O–H groups in total. The Morgan fingerprint density at radius 3 is 1.45 bits per heavy atom. The first-order valence-corrected chi connectivity index (χ1v) is 26.6. The third-order valence-corrected chi connectivity index (χ3v) is 16.4. The lowest BCUT2D eigenvalue weighted by Gasteiger charge is -2.37. The van der Waals surface area contributed by atoms with E-state index in [4.69, 9.17) is 4.42 Å². The average molecular weight is 973 g/mol. The van der Waals surface area contributed by atoms with Crippen molar-refractivity contribution >= 4 is 110 Å². The van der Waals surface area contributed by atoms with Crippen LogP contribution >= 0.6 is 0 Å². The summed E-state index contributed by atoms with van der Waals surface area (Å²) in [6.45, 7) is 4.87. The highest BCUT2D eigenvalue weighted by Crippen LogP contribution is 2.53. The van der Waals surface area contributed by atoms with Crippen LogP contribution in [-0.2, 0) is 11.8 Å². The van der Waals surface area contributed by atoms with Gasteiger partial charge in [0.05, 0.1) is 11.4 Å². The monoisotopic (exact) mass is 972 g/mol. The molecular weight excluding hydrogens is 921 g/mol. The minimum atomic E-state index is -0.126. The molecule has 0 amide bonds. The first kappa shape index (κ1) is 44.1. The maximum absolute atomic E-state index is 7.16. The van der Waals surface area contributed by atoms with Crippen LogP contribution in [0.4, 0.5) is 34.1 Å². The second-order valence-corrected chi connectivity index (χ2v) is 21.3. The molecule has 0 aliphatic heterocycles. The topological polar surface area (TPSA) is 19.6 Å². The lowest BCUT2D eigenvalue weighted by Crippen LogP contribution is -2.25. The van der Waals surface area contributed by atoms with E-state index in [2.05, 4.69) is 278 Å². The molecule has 0 unspecified atom stereocenters. The van der Waals surface area contributed by atoms with Gasteiger partial charge in [-0.15, -0.1) is 0 Å². The largest absolute Gasteiger partial charge is 0.456 e. The first-order valence-electron chi connectivity index (χ1n) is 26.6. The number of furan rings is 1. The number of anilines is 6. The number of fused-ring (bicyclic) bond motifs is 8. The van der Waals surface area contributed by atoms with E-state index in [1.807, 2.05) is 0 Å². The van der Waals surface area contributed by atoms with Crippen LogP contribution in [0.5, 0.6) is 0 Å². The third-order valence-electron chi connectivity index (χ3n) is 16.4. The van der Waals surface area contributed by atoms with E-state index in [1.165, 1.54) is 98.3 Å². The lowest BCUT2D eigenvalue weighted by molar-refractivity contribution is 0.478. The Morgan fingerprint density at radius 1 is 0.329 bits per heavy atom. The number of hydrogen-bond donors (Lipinski definition) is 0.